The molecule has 1 heterocycles. The molecule has 0 amide bonds. The molecule has 5 nitrogen and oxygen atoms in total. The molecule has 0 unspecified atom stereocenters. The fourth-order valence-electron chi connectivity index (χ4n) is 3.01. The van der Waals surface area contributed by atoms with Gasteiger partial charge in [-0.2, -0.15) is 18.2 Å². The second-order valence-corrected chi connectivity index (χ2v) is 7.41. The van der Waals surface area contributed by atoms with Crippen molar-refractivity contribution in [3.8, 4) is 11.8 Å². The zero-order chi connectivity index (χ0) is 22.7. The van der Waals surface area contributed by atoms with E-state index in [1.165, 1.54) is 11.3 Å². The van der Waals surface area contributed by atoms with Crippen LogP contribution in [0, 0.1) is 0 Å². The van der Waals surface area contributed by atoms with Crippen molar-refractivity contribution in [3.63, 3.8) is 0 Å². The minimum atomic E-state index is -4.58. The van der Waals surface area contributed by atoms with Gasteiger partial charge in [-0.1, -0.05) is 46.0 Å². The lowest BCUT2D eigenvalue weighted by atomic mass is 10.2. The number of ether oxygens (including phenoxy) is 2. The maximum Gasteiger partial charge on any atom is 0.421 e. The Morgan fingerprint density at radius 2 is 1.48 bits per heavy atom. The van der Waals surface area contributed by atoms with E-state index in [-0.39, 0.29) is 11.8 Å². The van der Waals surface area contributed by atoms with Gasteiger partial charge in [0.15, 0.2) is 5.82 Å². The predicted octanol–water partition coefficient (Wildman–Crippen LogP) is 6.79. The molecule has 1 aromatic heterocycles. The fraction of sp³-hybridized carbons (Fsp3) is 0.565. The van der Waals surface area contributed by atoms with Crippen LogP contribution < -0.4 is 14.4 Å². The van der Waals surface area contributed by atoms with Crippen molar-refractivity contribution in [2.75, 3.05) is 25.2 Å². The van der Waals surface area contributed by atoms with E-state index in [2.05, 4.69) is 23.8 Å². The molecule has 2 rings (SSSR count). The molecule has 0 N–H and O–H groups in total. The summed E-state index contributed by atoms with van der Waals surface area (Å²) in [7, 11) is 1.54. The second kappa shape index (κ2) is 12.4. The molecule has 172 valence electrons. The van der Waals surface area contributed by atoms with Crippen LogP contribution in [0.5, 0.6) is 11.8 Å². The number of aromatic nitrogens is 2. The largest absolute Gasteiger partial charge is 0.494 e. The normalized spacial score (nSPS) is 11.4. The average molecular weight is 440 g/mol. The van der Waals surface area contributed by atoms with Gasteiger partial charge in [-0.3, -0.25) is 0 Å². The summed E-state index contributed by atoms with van der Waals surface area (Å²) in [5.74, 6) is 0.438. The maximum atomic E-state index is 13.5. The van der Waals surface area contributed by atoms with Crippen molar-refractivity contribution in [2.24, 2.45) is 0 Å². The van der Waals surface area contributed by atoms with Crippen LogP contribution in [0.15, 0.2) is 30.5 Å². The molecule has 0 radical (unpaired) electrons. The highest BCUT2D eigenvalue weighted by atomic mass is 19.4. The standard InChI is InChI=1S/C23H32F3N3O2/c1-4-6-8-10-15-30-19-13-11-18(12-14-19)29(3)21-20(23(24,25)26)17-27-22(28-21)31-16-9-7-5-2/h11-14,17H,4-10,15-16H2,1-3H3. The van der Waals surface area contributed by atoms with Crippen LogP contribution in [0.2, 0.25) is 0 Å². The van der Waals surface area contributed by atoms with E-state index in [9.17, 15) is 13.2 Å². The van der Waals surface area contributed by atoms with Gasteiger partial charge in [0.1, 0.15) is 11.3 Å². The van der Waals surface area contributed by atoms with E-state index in [1.54, 1.807) is 31.3 Å². The summed E-state index contributed by atoms with van der Waals surface area (Å²) >= 11 is 0. The molecule has 0 aliphatic heterocycles. The lowest BCUT2D eigenvalue weighted by Gasteiger charge is -2.23. The van der Waals surface area contributed by atoms with E-state index in [0.29, 0.717) is 24.7 Å². The molecule has 0 spiro atoms. The molecule has 2 aromatic rings. The minimum Gasteiger partial charge on any atom is -0.494 e. The van der Waals surface area contributed by atoms with E-state index in [0.717, 1.165) is 44.7 Å². The summed E-state index contributed by atoms with van der Waals surface area (Å²) in [5.41, 5.74) is -0.355. The van der Waals surface area contributed by atoms with Crippen LogP contribution >= 0.6 is 0 Å². The molecule has 0 saturated heterocycles. The molecule has 0 saturated carbocycles. The van der Waals surface area contributed by atoms with Crippen molar-refractivity contribution in [3.05, 3.63) is 36.0 Å². The third-order valence-corrected chi connectivity index (χ3v) is 4.84. The van der Waals surface area contributed by atoms with Gasteiger partial charge in [-0.05, 0) is 37.1 Å². The first-order chi connectivity index (χ1) is 14.9. The van der Waals surface area contributed by atoms with Crippen molar-refractivity contribution in [1.82, 2.24) is 9.97 Å². The van der Waals surface area contributed by atoms with Crippen LogP contribution in [-0.2, 0) is 6.18 Å². The van der Waals surface area contributed by atoms with Gasteiger partial charge in [0, 0.05) is 18.9 Å². The molecule has 1 aromatic carbocycles. The highest BCUT2D eigenvalue weighted by Crippen LogP contribution is 2.38. The summed E-state index contributed by atoms with van der Waals surface area (Å²) in [6.07, 6.45) is 3.43. The monoisotopic (exact) mass is 439 g/mol. The van der Waals surface area contributed by atoms with E-state index in [4.69, 9.17) is 9.47 Å². The molecule has 0 bridgehead atoms. The Bertz CT molecular complexity index is 783. The van der Waals surface area contributed by atoms with Crippen LogP contribution in [-0.4, -0.2) is 30.2 Å². The first kappa shape index (κ1) is 24.8. The number of alkyl halides is 3. The highest BCUT2D eigenvalue weighted by Gasteiger charge is 2.36. The number of hydrogen-bond acceptors (Lipinski definition) is 5. The zero-order valence-electron chi connectivity index (χ0n) is 18.5. The Morgan fingerprint density at radius 3 is 2.13 bits per heavy atom. The number of unbranched alkanes of at least 4 members (excludes halogenated alkanes) is 5. The quantitative estimate of drug-likeness (QED) is 0.322. The lowest BCUT2D eigenvalue weighted by molar-refractivity contribution is -0.137. The molecular weight excluding hydrogens is 407 g/mol. The number of anilines is 2. The Labute approximate surface area is 182 Å². The average Bonchev–Trinajstić information content (AvgIpc) is 2.76. The number of rotatable bonds is 13. The molecule has 31 heavy (non-hydrogen) atoms. The van der Waals surface area contributed by atoms with E-state index in [1.807, 2.05) is 0 Å². The Balaban J connectivity index is 2.13. The van der Waals surface area contributed by atoms with Crippen molar-refractivity contribution in [1.29, 1.82) is 0 Å². The number of hydrogen-bond donors (Lipinski definition) is 0. The Kier molecular flexibility index (Phi) is 9.88. The van der Waals surface area contributed by atoms with Crippen LogP contribution in [0.4, 0.5) is 24.7 Å². The number of benzene rings is 1. The fourth-order valence-corrected chi connectivity index (χ4v) is 3.01. The maximum absolute atomic E-state index is 13.5. The summed E-state index contributed by atoms with van der Waals surface area (Å²) in [6.45, 7) is 5.20. The van der Waals surface area contributed by atoms with Crippen molar-refractivity contribution >= 4 is 11.5 Å². The van der Waals surface area contributed by atoms with E-state index < -0.39 is 11.7 Å². The van der Waals surface area contributed by atoms with Crippen LogP contribution in [0.1, 0.15) is 64.4 Å². The molecule has 0 fully saturated rings. The first-order valence-electron chi connectivity index (χ1n) is 10.9. The predicted molar refractivity (Wildman–Crippen MR) is 116 cm³/mol. The van der Waals surface area contributed by atoms with Gasteiger partial charge in [0.25, 0.3) is 0 Å². The van der Waals surface area contributed by atoms with E-state index >= 15 is 0 Å². The van der Waals surface area contributed by atoms with Gasteiger partial charge in [0.05, 0.1) is 13.2 Å². The third-order valence-electron chi connectivity index (χ3n) is 4.84. The topological polar surface area (TPSA) is 47.5 Å². The molecule has 0 aliphatic rings. The van der Waals surface area contributed by atoms with Gasteiger partial charge in [-0.15, -0.1) is 0 Å². The van der Waals surface area contributed by atoms with Crippen molar-refractivity contribution in [2.45, 2.75) is 65.0 Å². The SMILES string of the molecule is CCCCCCOc1ccc(N(C)c2nc(OCCCCC)ncc2C(F)(F)F)cc1. The smallest absolute Gasteiger partial charge is 0.421 e. The van der Waals surface area contributed by atoms with Crippen LogP contribution in [0.3, 0.4) is 0 Å². The second-order valence-electron chi connectivity index (χ2n) is 7.41. The van der Waals surface area contributed by atoms with Gasteiger partial charge in [-0.25, -0.2) is 4.98 Å². The summed E-state index contributed by atoms with van der Waals surface area (Å²) in [5, 5.41) is 0. The third kappa shape index (κ3) is 7.92. The Hall–Kier alpha value is -2.51. The first-order valence-corrected chi connectivity index (χ1v) is 10.9. The molecule has 0 atom stereocenters. The summed E-state index contributed by atoms with van der Waals surface area (Å²) < 4.78 is 51.8. The molecular formula is C23H32F3N3O2. The molecule has 0 aliphatic carbocycles. The highest BCUT2D eigenvalue weighted by molar-refractivity contribution is 5.63. The number of halogens is 3. The van der Waals surface area contributed by atoms with Crippen molar-refractivity contribution < 1.29 is 22.6 Å². The zero-order valence-corrected chi connectivity index (χ0v) is 18.5. The van der Waals surface area contributed by atoms with Gasteiger partial charge < -0.3 is 14.4 Å². The minimum absolute atomic E-state index is 0.0574. The molecule has 8 heteroatoms. The lowest BCUT2D eigenvalue weighted by Crippen LogP contribution is -2.19. The Morgan fingerprint density at radius 1 is 0.871 bits per heavy atom. The number of nitrogens with zero attached hydrogens (tertiary/aromatic N) is 3. The van der Waals surface area contributed by atoms with Crippen LogP contribution in [0.25, 0.3) is 0 Å². The van der Waals surface area contributed by atoms with Gasteiger partial charge >= 0.3 is 12.2 Å². The van der Waals surface area contributed by atoms with Gasteiger partial charge in [0.2, 0.25) is 0 Å². The summed E-state index contributed by atoms with van der Waals surface area (Å²) in [4.78, 5) is 9.19. The summed E-state index contributed by atoms with van der Waals surface area (Å²) in [6, 6.07) is 6.87.